The minimum atomic E-state index is -2.52. The summed E-state index contributed by atoms with van der Waals surface area (Å²) >= 11 is 0. The van der Waals surface area contributed by atoms with E-state index in [2.05, 4.69) is 73.5 Å². The number of anilines is 1. The van der Waals surface area contributed by atoms with Gasteiger partial charge in [0, 0.05) is 17.0 Å². The smallest absolute Gasteiger partial charge is 0.351 e. The third-order valence-corrected chi connectivity index (χ3v) is 18.4. The molecule has 2 heterocycles. The highest BCUT2D eigenvalue weighted by atomic mass is 28.4. The van der Waals surface area contributed by atoms with Gasteiger partial charge in [0.1, 0.15) is 40.8 Å². The number of rotatable bonds is 17. The number of hydrogen-bond acceptors (Lipinski definition) is 9. The quantitative estimate of drug-likeness (QED) is 0.0313. The van der Waals surface area contributed by atoms with Crippen LogP contribution < -0.4 is 20.5 Å². The van der Waals surface area contributed by atoms with E-state index in [1.165, 1.54) is 4.57 Å². The molecule has 1 aliphatic rings. The van der Waals surface area contributed by atoms with Crippen molar-refractivity contribution in [3.63, 3.8) is 0 Å². The number of methoxy groups -OCH3 is 2. The molecule has 6 aromatic carbocycles. The van der Waals surface area contributed by atoms with Crippen molar-refractivity contribution in [2.45, 2.75) is 75.0 Å². The summed E-state index contributed by atoms with van der Waals surface area (Å²) in [5, 5.41) is 8.02. The van der Waals surface area contributed by atoms with E-state index in [1.807, 2.05) is 153 Å². The average Bonchev–Trinajstić information content (AvgIpc) is 3.64. The van der Waals surface area contributed by atoms with Crippen LogP contribution in [0, 0.1) is 5.92 Å². The zero-order chi connectivity index (χ0) is 48.9. The van der Waals surface area contributed by atoms with Crippen molar-refractivity contribution in [3.05, 3.63) is 236 Å². The van der Waals surface area contributed by atoms with Crippen LogP contribution in [0.4, 0.5) is 5.82 Å². The molecular formula is C56H60N6O6Si. The third-order valence-electron chi connectivity index (χ3n) is 13.9. The fourth-order valence-electron chi connectivity index (χ4n) is 9.12. The van der Waals surface area contributed by atoms with Gasteiger partial charge < -0.3 is 28.7 Å². The molecule has 0 aliphatic carbocycles. The van der Waals surface area contributed by atoms with E-state index >= 15 is 0 Å². The lowest BCUT2D eigenvalue weighted by atomic mass is 9.77. The summed E-state index contributed by atoms with van der Waals surface area (Å²) in [6.07, 6.45) is -0.349. The van der Waals surface area contributed by atoms with Gasteiger partial charge in [-0.25, -0.2) is 4.79 Å². The lowest BCUT2D eigenvalue weighted by Crippen LogP contribution is -2.53. The lowest BCUT2D eigenvalue weighted by molar-refractivity contribution is -0.159. The number of azide groups is 1. The van der Waals surface area contributed by atoms with Crippen LogP contribution in [0.25, 0.3) is 10.4 Å². The molecule has 1 fully saturated rings. The van der Waals surface area contributed by atoms with E-state index < -0.39 is 49.1 Å². The van der Waals surface area contributed by atoms with E-state index in [1.54, 1.807) is 26.5 Å². The molecule has 12 nitrogen and oxygen atoms in total. The van der Waals surface area contributed by atoms with Crippen molar-refractivity contribution >= 4 is 14.1 Å². The maximum absolute atomic E-state index is 14.8. The molecule has 0 bridgehead atoms. The Bertz CT molecular complexity index is 2830. The second-order valence-corrected chi connectivity index (χ2v) is 23.8. The first-order chi connectivity index (χ1) is 33.2. The molecule has 1 aromatic heterocycles. The number of ether oxygens (including phenoxy) is 4. The minimum Gasteiger partial charge on any atom is -0.497 e. The summed E-state index contributed by atoms with van der Waals surface area (Å²) in [7, 11) is 0.746. The first-order valence-electron chi connectivity index (χ1n) is 23.2. The summed E-state index contributed by atoms with van der Waals surface area (Å²) in [6, 6.07) is 57.4. The van der Waals surface area contributed by atoms with Crippen LogP contribution >= 0.6 is 0 Å². The highest BCUT2D eigenvalue weighted by molar-refractivity contribution is 6.74. The van der Waals surface area contributed by atoms with Crippen LogP contribution in [0.3, 0.4) is 0 Å². The summed E-state index contributed by atoms with van der Waals surface area (Å²) in [4.78, 5) is 23.0. The van der Waals surface area contributed by atoms with Crippen LogP contribution in [0.2, 0.25) is 18.1 Å². The Balaban J connectivity index is 1.28. The molecule has 354 valence electrons. The molecule has 4 atom stereocenters. The molecule has 7 aromatic rings. The molecular weight excluding hydrogens is 881 g/mol. The minimum absolute atomic E-state index is 0.137. The summed E-state index contributed by atoms with van der Waals surface area (Å²) < 4.78 is 34.4. The van der Waals surface area contributed by atoms with Gasteiger partial charge in [-0.1, -0.05) is 178 Å². The lowest BCUT2D eigenvalue weighted by Gasteiger charge is -2.44. The molecule has 1 saturated heterocycles. The molecule has 13 heteroatoms. The fraction of sp³-hybridized carbons (Fsp3) is 0.286. The van der Waals surface area contributed by atoms with E-state index in [4.69, 9.17) is 28.4 Å². The van der Waals surface area contributed by atoms with Crippen molar-refractivity contribution in [1.29, 1.82) is 0 Å². The van der Waals surface area contributed by atoms with Crippen LogP contribution in [-0.2, 0) is 25.0 Å². The standard InChI is InChI=1S/C56H60N6O6Si/c1-40-50(67-56(44-25-17-11-18-26-44,45-27-19-12-20-28-45)46-31-35-48(65-6)36-32-46)54(60-61-57,39-66-69(7,8)53(2,3)4)68-51(40)62-38-37-49(58-52(62)63)59-55(41-21-13-9-14-22-41,42-23-15-10-16-24-42)43-29-33-47(64-5)34-30-43/h9-38,40,50-51H,39H2,1-8H3,(H,58,59,63)/t40-,50-,51+,54+/m0/s1. The first-order valence-corrected chi connectivity index (χ1v) is 26.1. The van der Waals surface area contributed by atoms with Gasteiger partial charge in [0.05, 0.1) is 20.8 Å². The Hall–Kier alpha value is -6.99. The number of hydrogen-bond donors (Lipinski definition) is 1. The summed E-state index contributed by atoms with van der Waals surface area (Å²) in [6.45, 7) is 12.5. The van der Waals surface area contributed by atoms with Crippen molar-refractivity contribution in [1.82, 2.24) is 9.55 Å². The highest BCUT2D eigenvalue weighted by Gasteiger charge is 2.59. The zero-order valence-electron chi connectivity index (χ0n) is 40.4. The number of benzene rings is 6. The Kier molecular flexibility index (Phi) is 14.0. The van der Waals surface area contributed by atoms with Gasteiger partial charge >= 0.3 is 5.69 Å². The Morgan fingerprint density at radius 1 is 0.696 bits per heavy atom. The maximum atomic E-state index is 14.8. The highest BCUT2D eigenvalue weighted by Crippen LogP contribution is 2.52. The number of nitrogens with zero attached hydrogens (tertiary/aromatic N) is 5. The zero-order valence-corrected chi connectivity index (χ0v) is 41.4. The van der Waals surface area contributed by atoms with E-state index in [-0.39, 0.29) is 11.6 Å². The van der Waals surface area contributed by atoms with Gasteiger partial charge in [-0.3, -0.25) is 4.57 Å². The average molecular weight is 941 g/mol. The van der Waals surface area contributed by atoms with Crippen molar-refractivity contribution in [2.75, 3.05) is 26.1 Å². The van der Waals surface area contributed by atoms with E-state index in [0.717, 1.165) is 33.4 Å². The predicted octanol–water partition coefficient (Wildman–Crippen LogP) is 12.2. The Morgan fingerprint density at radius 2 is 1.13 bits per heavy atom. The van der Waals surface area contributed by atoms with Gasteiger partial charge in [-0.05, 0) is 87.4 Å². The van der Waals surface area contributed by atoms with Gasteiger partial charge in [0.25, 0.3) is 0 Å². The molecule has 0 spiro atoms. The molecule has 1 N–H and O–H groups in total. The topological polar surface area (TPSA) is 142 Å². The predicted molar refractivity (Wildman–Crippen MR) is 273 cm³/mol. The van der Waals surface area contributed by atoms with Crippen LogP contribution in [0.1, 0.15) is 67.3 Å². The van der Waals surface area contributed by atoms with E-state index in [9.17, 15) is 10.3 Å². The molecule has 8 rings (SSSR count). The number of nitrogens with one attached hydrogen (secondary N) is 1. The third kappa shape index (κ3) is 9.32. The summed E-state index contributed by atoms with van der Waals surface area (Å²) in [5.74, 6) is 1.08. The van der Waals surface area contributed by atoms with Crippen molar-refractivity contribution in [3.8, 4) is 11.5 Å². The van der Waals surface area contributed by atoms with Gasteiger partial charge in [0.15, 0.2) is 14.0 Å². The Morgan fingerprint density at radius 3 is 1.57 bits per heavy atom. The van der Waals surface area contributed by atoms with Crippen LogP contribution in [0.5, 0.6) is 11.5 Å². The molecule has 1 aliphatic heterocycles. The molecule has 69 heavy (non-hydrogen) atoms. The summed E-state index contributed by atoms with van der Waals surface area (Å²) in [5.41, 5.74) is 11.1. The maximum Gasteiger partial charge on any atom is 0.351 e. The molecule has 0 unspecified atom stereocenters. The van der Waals surface area contributed by atoms with Crippen molar-refractivity contribution in [2.24, 2.45) is 11.0 Å². The normalized spacial score (nSPS) is 18.5. The second-order valence-electron chi connectivity index (χ2n) is 19.0. The SMILES string of the molecule is COc1ccc(C(Nc2ccn([C@@H]3O[C@@](CO[Si](C)(C)C(C)(C)C)(N=[N+]=[N-])[C@@H](OC(c4ccccc4)(c4ccccc4)c4ccc(OC)cc4)[C@@H]3C)c(=O)n2)(c2ccccc2)c2ccccc2)cc1. The Labute approximate surface area is 405 Å². The van der Waals surface area contributed by atoms with Crippen molar-refractivity contribution < 1.29 is 23.4 Å². The van der Waals surface area contributed by atoms with Crippen LogP contribution in [-0.4, -0.2) is 50.5 Å². The largest absolute Gasteiger partial charge is 0.497 e. The molecule has 0 amide bonds. The van der Waals surface area contributed by atoms with Gasteiger partial charge in [-0.2, -0.15) is 4.98 Å². The number of aromatic nitrogens is 2. The fourth-order valence-corrected chi connectivity index (χ4v) is 10.1. The van der Waals surface area contributed by atoms with Crippen LogP contribution in [0.15, 0.2) is 192 Å². The molecule has 0 saturated carbocycles. The molecule has 0 radical (unpaired) electrons. The second kappa shape index (κ2) is 19.9. The first kappa shape index (κ1) is 48.5. The monoisotopic (exact) mass is 940 g/mol. The van der Waals surface area contributed by atoms with E-state index in [0.29, 0.717) is 17.3 Å². The van der Waals surface area contributed by atoms with Gasteiger partial charge in [-0.15, -0.1) is 0 Å². The van der Waals surface area contributed by atoms with Gasteiger partial charge in [0.2, 0.25) is 0 Å².